The van der Waals surface area contributed by atoms with Gasteiger partial charge in [0.05, 0.1) is 32.5 Å². The Morgan fingerprint density at radius 1 is 1.06 bits per heavy atom. The highest BCUT2D eigenvalue weighted by atomic mass is 35.5. The summed E-state index contributed by atoms with van der Waals surface area (Å²) in [7, 11) is -1.00. The van der Waals surface area contributed by atoms with E-state index < -0.39 is 7.15 Å². The first-order valence-electron chi connectivity index (χ1n) is 10.2. The van der Waals surface area contributed by atoms with Gasteiger partial charge in [0.1, 0.15) is 11.8 Å². The molecule has 0 atom stereocenters. The number of morpholine rings is 1. The van der Waals surface area contributed by atoms with Crippen molar-refractivity contribution in [1.82, 2.24) is 25.2 Å². The molecule has 0 saturated carbocycles. The Morgan fingerprint density at radius 2 is 1.66 bits per heavy atom. The van der Waals surface area contributed by atoms with Gasteiger partial charge in [-0.2, -0.15) is 9.97 Å². The summed E-state index contributed by atoms with van der Waals surface area (Å²) in [5.41, 5.74) is 11.8. The van der Waals surface area contributed by atoms with Crippen molar-refractivity contribution in [3.8, 4) is 5.88 Å². The summed E-state index contributed by atoms with van der Waals surface area (Å²) < 4.78 is 36.1. The highest BCUT2D eigenvalue weighted by Gasteiger charge is 2.11. The molecule has 172 valence electrons. The van der Waals surface area contributed by atoms with Crippen molar-refractivity contribution in [2.45, 2.75) is 0 Å². The van der Waals surface area contributed by atoms with Gasteiger partial charge >= 0.3 is 0 Å². The number of aromatic nitrogens is 4. The van der Waals surface area contributed by atoms with Crippen molar-refractivity contribution in [1.29, 1.82) is 0 Å². The maximum atomic E-state index is 9.96. The van der Waals surface area contributed by atoms with Crippen LogP contribution in [-0.2, 0) is 4.74 Å². The Hall–Kier alpha value is -3.22. The smallest absolute Gasteiger partial charge is 0.263 e. The SMILES string of the molecule is Nc1noc2nc(Cl)ccc12.Nc1noc2nc(OCCN3CCOCC3)ccc12.[2H]CF. The number of rotatable bonds is 4. The third kappa shape index (κ3) is 5.93. The number of nitrogens with zero attached hydrogens (tertiary/aromatic N) is 5. The lowest BCUT2D eigenvalue weighted by Gasteiger charge is -2.26. The monoisotopic (exact) mass is 468 g/mol. The second-order valence-corrected chi connectivity index (χ2v) is 6.81. The number of pyridine rings is 2. The summed E-state index contributed by atoms with van der Waals surface area (Å²) in [5, 5.41) is 8.94. The molecule has 1 saturated heterocycles. The van der Waals surface area contributed by atoms with E-state index in [4.69, 9.17) is 43.0 Å². The van der Waals surface area contributed by atoms with E-state index in [2.05, 4.69) is 25.2 Å². The molecular formula is C19H23ClFN7O4. The van der Waals surface area contributed by atoms with Gasteiger partial charge in [-0.15, -0.1) is 0 Å². The molecule has 0 aliphatic carbocycles. The minimum Gasteiger partial charge on any atom is -0.476 e. The van der Waals surface area contributed by atoms with Crippen molar-refractivity contribution in [2.24, 2.45) is 0 Å². The van der Waals surface area contributed by atoms with Gasteiger partial charge in [-0.05, 0) is 18.2 Å². The first-order chi connectivity index (χ1) is 16.0. The maximum Gasteiger partial charge on any atom is 0.263 e. The summed E-state index contributed by atoms with van der Waals surface area (Å²) in [4.78, 5) is 10.4. The van der Waals surface area contributed by atoms with E-state index in [1.165, 1.54) is 0 Å². The maximum absolute atomic E-state index is 9.96. The van der Waals surface area contributed by atoms with E-state index >= 15 is 0 Å². The molecule has 0 aromatic carbocycles. The molecule has 0 spiro atoms. The van der Waals surface area contributed by atoms with Crippen LogP contribution in [0.4, 0.5) is 16.0 Å². The van der Waals surface area contributed by atoms with Crippen molar-refractivity contribution in [3.05, 3.63) is 29.4 Å². The van der Waals surface area contributed by atoms with Gasteiger partial charge in [-0.1, -0.05) is 21.9 Å². The minimum atomic E-state index is -1.00. The summed E-state index contributed by atoms with van der Waals surface area (Å²) in [6, 6.07) is 6.93. The molecule has 4 aromatic rings. The number of nitrogens with two attached hydrogens (primary N) is 2. The van der Waals surface area contributed by atoms with Crippen LogP contribution >= 0.6 is 11.6 Å². The third-order valence-corrected chi connectivity index (χ3v) is 4.65. The van der Waals surface area contributed by atoms with Crippen LogP contribution in [0, 0.1) is 0 Å². The largest absolute Gasteiger partial charge is 0.476 e. The van der Waals surface area contributed by atoms with Crippen LogP contribution in [0.3, 0.4) is 0 Å². The van der Waals surface area contributed by atoms with E-state index in [9.17, 15) is 4.39 Å². The number of hydrogen-bond acceptors (Lipinski definition) is 11. The summed E-state index contributed by atoms with van der Waals surface area (Å²) >= 11 is 5.59. The second-order valence-electron chi connectivity index (χ2n) is 6.43. The van der Waals surface area contributed by atoms with Gasteiger partial charge in [0.25, 0.3) is 11.4 Å². The van der Waals surface area contributed by atoms with Gasteiger partial charge in [-0.3, -0.25) is 9.29 Å². The molecule has 1 fully saturated rings. The van der Waals surface area contributed by atoms with E-state index in [0.29, 0.717) is 51.5 Å². The Kier molecular flexibility index (Phi) is 7.84. The predicted octanol–water partition coefficient (Wildman–Crippen LogP) is 2.56. The minimum absolute atomic E-state index is 0.337. The number of alkyl halides is 1. The molecule has 0 amide bonds. The molecular weight excluding hydrogens is 445 g/mol. The number of hydrogen-bond donors (Lipinski definition) is 2. The molecule has 5 heterocycles. The van der Waals surface area contributed by atoms with Crippen LogP contribution in [0.25, 0.3) is 22.2 Å². The zero-order chi connectivity index (χ0) is 23.6. The van der Waals surface area contributed by atoms with E-state index in [0.717, 1.165) is 32.8 Å². The fourth-order valence-corrected chi connectivity index (χ4v) is 2.98. The molecule has 0 unspecified atom stereocenters. The lowest BCUT2D eigenvalue weighted by Crippen LogP contribution is -2.38. The zero-order valence-corrected chi connectivity index (χ0v) is 17.8. The molecule has 4 aromatic heterocycles. The topological polar surface area (TPSA) is 152 Å². The number of anilines is 2. The van der Waals surface area contributed by atoms with Gasteiger partial charge in [0, 0.05) is 25.7 Å². The first kappa shape index (κ1) is 22.0. The molecule has 4 N–H and O–H groups in total. The van der Waals surface area contributed by atoms with Gasteiger partial charge in [0.15, 0.2) is 11.6 Å². The van der Waals surface area contributed by atoms with Gasteiger partial charge < -0.3 is 30.0 Å². The lowest BCUT2D eigenvalue weighted by atomic mass is 10.3. The number of halogens is 2. The molecule has 13 heteroatoms. The lowest BCUT2D eigenvalue weighted by molar-refractivity contribution is 0.0320. The normalized spacial score (nSPS) is 14.2. The number of nitrogen functional groups attached to an aromatic ring is 2. The molecule has 1 aliphatic rings. The molecule has 0 bridgehead atoms. The molecule has 5 rings (SSSR count). The average molecular weight is 469 g/mol. The van der Waals surface area contributed by atoms with Gasteiger partial charge in [0.2, 0.25) is 5.88 Å². The predicted molar refractivity (Wildman–Crippen MR) is 117 cm³/mol. The van der Waals surface area contributed by atoms with Crippen LogP contribution < -0.4 is 16.2 Å². The number of fused-ring (bicyclic) bond motifs is 2. The highest BCUT2D eigenvalue weighted by molar-refractivity contribution is 6.29. The molecule has 32 heavy (non-hydrogen) atoms. The van der Waals surface area contributed by atoms with E-state index in [-0.39, 0.29) is 0 Å². The summed E-state index contributed by atoms with van der Waals surface area (Å²) in [6.07, 6.45) is 0. The van der Waals surface area contributed by atoms with Crippen LogP contribution in [-0.4, -0.2) is 71.8 Å². The van der Waals surface area contributed by atoms with Crippen molar-refractivity contribution in [2.75, 3.05) is 58.1 Å². The Morgan fingerprint density at radius 3 is 2.31 bits per heavy atom. The van der Waals surface area contributed by atoms with Crippen LogP contribution in [0.5, 0.6) is 5.88 Å². The van der Waals surface area contributed by atoms with Gasteiger partial charge in [-0.25, -0.2) is 0 Å². The van der Waals surface area contributed by atoms with E-state index in [1.807, 2.05) is 0 Å². The van der Waals surface area contributed by atoms with Crippen molar-refractivity contribution < 1.29 is 24.3 Å². The fraction of sp³-hybridized carbons (Fsp3) is 0.368. The molecule has 11 nitrogen and oxygen atoms in total. The van der Waals surface area contributed by atoms with E-state index in [1.54, 1.807) is 24.3 Å². The second kappa shape index (κ2) is 11.4. The highest BCUT2D eigenvalue weighted by Crippen LogP contribution is 2.21. The fourth-order valence-electron chi connectivity index (χ4n) is 2.84. The standard InChI is InChI=1S/C12H16N4O3.C6H4ClN3O.CH3F/c13-11-9-1-2-10(14-12(9)19-15-11)18-8-5-16-3-6-17-7-4-16;7-4-2-1-3-5(8)10-11-6(3)9-4;1-2/h1-2H,3-8H2,(H2,13,15);1-2H,(H2,8,10);1H3/i;;1D. The average Bonchev–Trinajstić information content (AvgIpc) is 3.37. The zero-order valence-electron chi connectivity index (χ0n) is 18.0. The molecule has 1 aliphatic heterocycles. The molecule has 0 radical (unpaired) electrons. The van der Waals surface area contributed by atoms with Crippen molar-refractivity contribution in [3.63, 3.8) is 0 Å². The van der Waals surface area contributed by atoms with Crippen LogP contribution in [0.1, 0.15) is 1.37 Å². The summed E-state index contributed by atoms with van der Waals surface area (Å²) in [6.45, 7) is 4.94. The Labute approximate surface area is 188 Å². The van der Waals surface area contributed by atoms with Crippen LogP contribution in [0.15, 0.2) is 33.3 Å². The quantitative estimate of drug-likeness (QED) is 0.425. The first-order valence-corrected chi connectivity index (χ1v) is 9.87. The van der Waals surface area contributed by atoms with Crippen LogP contribution in [0.2, 0.25) is 5.15 Å². The number of ether oxygens (including phenoxy) is 2. The Bertz CT molecular complexity index is 1160. The summed E-state index contributed by atoms with van der Waals surface area (Å²) in [5.74, 6) is 1.21. The van der Waals surface area contributed by atoms with Crippen molar-refractivity contribution >= 4 is 45.4 Å². The Balaban J connectivity index is 0.000000185. The third-order valence-electron chi connectivity index (χ3n) is 4.44.